The Kier molecular flexibility index (Phi) is 3.69. The van der Waals surface area contributed by atoms with E-state index in [4.69, 9.17) is 11.6 Å². The average molecular weight is 312 g/mol. The Morgan fingerprint density at radius 3 is 2.65 bits per heavy atom. The Bertz CT molecular complexity index is 573. The third kappa shape index (κ3) is 2.79. The molecule has 0 N–H and O–H groups in total. The predicted octanol–water partition coefficient (Wildman–Crippen LogP) is 4.50. The Labute approximate surface area is 114 Å². The number of rotatable bonds is 2. The van der Waals surface area contributed by atoms with E-state index < -0.39 is 0 Å². The number of nitrogens with zero attached hydrogens (tertiary/aromatic N) is 2. The number of benzene rings is 1. The summed E-state index contributed by atoms with van der Waals surface area (Å²) in [5, 5.41) is 0.669. The molecule has 0 spiro atoms. The molecule has 0 aliphatic rings. The zero-order valence-corrected chi connectivity index (χ0v) is 12.0. The molecule has 0 aliphatic heterocycles. The molecule has 4 heteroatoms. The molecule has 88 valence electrons. The highest BCUT2D eigenvalue weighted by molar-refractivity contribution is 9.10. The minimum atomic E-state index is 0.669. The Morgan fingerprint density at radius 2 is 2.06 bits per heavy atom. The number of aliphatic imine (C=N–C) groups is 1. The van der Waals surface area contributed by atoms with Crippen LogP contribution in [0.3, 0.4) is 0 Å². The van der Waals surface area contributed by atoms with Crippen LogP contribution < -0.4 is 0 Å². The van der Waals surface area contributed by atoms with Gasteiger partial charge in [0.2, 0.25) is 0 Å². The zero-order chi connectivity index (χ0) is 12.4. The monoisotopic (exact) mass is 310 g/mol. The molecule has 17 heavy (non-hydrogen) atoms. The van der Waals surface area contributed by atoms with Crippen LogP contribution in [0.4, 0.5) is 5.69 Å². The fourth-order valence-electron chi connectivity index (χ4n) is 1.47. The van der Waals surface area contributed by atoms with Crippen LogP contribution in [0.25, 0.3) is 0 Å². The molecule has 0 bridgehead atoms. The van der Waals surface area contributed by atoms with Gasteiger partial charge in [-0.2, -0.15) is 0 Å². The summed E-state index contributed by atoms with van der Waals surface area (Å²) in [6, 6.07) is 9.75. The molecular weight excluding hydrogens is 300 g/mol. The number of aromatic nitrogens is 1. The fraction of sp³-hybridized carbons (Fsp3) is 0.154. The van der Waals surface area contributed by atoms with Crippen molar-refractivity contribution in [3.05, 3.63) is 51.2 Å². The predicted molar refractivity (Wildman–Crippen MR) is 76.6 cm³/mol. The molecule has 0 atom stereocenters. The summed E-state index contributed by atoms with van der Waals surface area (Å²) < 4.78 is 2.97. The molecule has 2 rings (SSSR count). The van der Waals surface area contributed by atoms with Gasteiger partial charge in [0.05, 0.1) is 22.6 Å². The third-order valence-electron chi connectivity index (χ3n) is 2.66. The molecule has 0 unspecified atom stereocenters. The van der Waals surface area contributed by atoms with Crippen LogP contribution in [0, 0.1) is 6.92 Å². The summed E-state index contributed by atoms with van der Waals surface area (Å²) in [5.74, 6) is 0. The molecular formula is C13H12BrClN2. The standard InChI is InChI=1S/C13H12BrClN2/c1-9-3-5-11(17(9)2)8-16-10-4-6-12(14)13(15)7-10/h3-8H,1-2H3. The minimum Gasteiger partial charge on any atom is -0.347 e. The van der Waals surface area contributed by atoms with Crippen LogP contribution in [0.15, 0.2) is 39.8 Å². The van der Waals surface area contributed by atoms with Crippen molar-refractivity contribution in [2.75, 3.05) is 0 Å². The van der Waals surface area contributed by atoms with Crippen LogP contribution in [0.2, 0.25) is 5.02 Å². The van der Waals surface area contributed by atoms with Crippen molar-refractivity contribution in [3.8, 4) is 0 Å². The number of halogens is 2. The van der Waals surface area contributed by atoms with Gasteiger partial charge >= 0.3 is 0 Å². The summed E-state index contributed by atoms with van der Waals surface area (Å²) in [6.45, 7) is 2.06. The van der Waals surface area contributed by atoms with Gasteiger partial charge in [0, 0.05) is 17.2 Å². The van der Waals surface area contributed by atoms with Crippen molar-refractivity contribution in [1.82, 2.24) is 4.57 Å². The van der Waals surface area contributed by atoms with Gasteiger partial charge in [0.25, 0.3) is 0 Å². The third-order valence-corrected chi connectivity index (χ3v) is 3.89. The van der Waals surface area contributed by atoms with Gasteiger partial charge in [-0.3, -0.25) is 4.99 Å². The van der Waals surface area contributed by atoms with E-state index in [1.807, 2.05) is 37.5 Å². The van der Waals surface area contributed by atoms with Crippen molar-refractivity contribution in [2.24, 2.45) is 12.0 Å². The number of hydrogen-bond donors (Lipinski definition) is 0. The van der Waals surface area contributed by atoms with E-state index in [0.717, 1.165) is 15.9 Å². The fourth-order valence-corrected chi connectivity index (χ4v) is 1.89. The van der Waals surface area contributed by atoms with Gasteiger partial charge in [-0.15, -0.1) is 0 Å². The summed E-state index contributed by atoms with van der Waals surface area (Å²) >= 11 is 9.36. The summed E-state index contributed by atoms with van der Waals surface area (Å²) in [4.78, 5) is 4.40. The molecule has 2 aromatic rings. The van der Waals surface area contributed by atoms with Gasteiger partial charge in [-0.05, 0) is 53.2 Å². The van der Waals surface area contributed by atoms with E-state index in [1.54, 1.807) is 0 Å². The molecule has 0 amide bonds. The molecule has 1 heterocycles. The second kappa shape index (κ2) is 5.07. The molecule has 1 aromatic heterocycles. The van der Waals surface area contributed by atoms with Gasteiger partial charge in [0.1, 0.15) is 0 Å². The van der Waals surface area contributed by atoms with E-state index in [9.17, 15) is 0 Å². The smallest absolute Gasteiger partial charge is 0.0646 e. The Hall–Kier alpha value is -1.06. The van der Waals surface area contributed by atoms with E-state index >= 15 is 0 Å². The normalized spacial score (nSPS) is 11.3. The first-order valence-electron chi connectivity index (χ1n) is 5.19. The zero-order valence-electron chi connectivity index (χ0n) is 9.61. The van der Waals surface area contributed by atoms with Gasteiger partial charge in [-0.1, -0.05) is 11.6 Å². The van der Waals surface area contributed by atoms with Crippen LogP contribution in [-0.4, -0.2) is 10.8 Å². The van der Waals surface area contributed by atoms with E-state index in [2.05, 4.69) is 38.5 Å². The first-order valence-corrected chi connectivity index (χ1v) is 6.36. The molecule has 2 nitrogen and oxygen atoms in total. The lowest BCUT2D eigenvalue weighted by atomic mass is 10.3. The lowest BCUT2D eigenvalue weighted by Crippen LogP contribution is -1.96. The average Bonchev–Trinajstić information content (AvgIpc) is 2.62. The molecule has 0 aliphatic carbocycles. The van der Waals surface area contributed by atoms with Crippen molar-refractivity contribution >= 4 is 39.4 Å². The maximum Gasteiger partial charge on any atom is 0.0646 e. The van der Waals surface area contributed by atoms with Crippen molar-refractivity contribution in [2.45, 2.75) is 6.92 Å². The minimum absolute atomic E-state index is 0.669. The SMILES string of the molecule is Cc1ccc(C=Nc2ccc(Br)c(Cl)c2)n1C. The Balaban J connectivity index is 2.26. The van der Waals surface area contributed by atoms with Crippen LogP contribution in [0.1, 0.15) is 11.4 Å². The van der Waals surface area contributed by atoms with Crippen molar-refractivity contribution < 1.29 is 0 Å². The highest BCUT2D eigenvalue weighted by Crippen LogP contribution is 2.26. The maximum atomic E-state index is 6.00. The summed E-state index contributed by atoms with van der Waals surface area (Å²) in [7, 11) is 2.02. The summed E-state index contributed by atoms with van der Waals surface area (Å²) in [5.41, 5.74) is 3.12. The molecule has 0 fully saturated rings. The van der Waals surface area contributed by atoms with Gasteiger partial charge in [0.15, 0.2) is 0 Å². The lowest BCUT2D eigenvalue weighted by Gasteiger charge is -2.00. The Morgan fingerprint density at radius 1 is 1.29 bits per heavy atom. The highest BCUT2D eigenvalue weighted by Gasteiger charge is 1.99. The van der Waals surface area contributed by atoms with Crippen molar-refractivity contribution in [1.29, 1.82) is 0 Å². The van der Waals surface area contributed by atoms with Gasteiger partial charge in [-0.25, -0.2) is 0 Å². The first kappa shape index (κ1) is 12.4. The first-order chi connectivity index (χ1) is 8.08. The van der Waals surface area contributed by atoms with Gasteiger partial charge < -0.3 is 4.57 Å². The topological polar surface area (TPSA) is 17.3 Å². The van der Waals surface area contributed by atoms with Crippen molar-refractivity contribution in [3.63, 3.8) is 0 Å². The molecule has 0 saturated heterocycles. The van der Waals surface area contributed by atoms with Crippen LogP contribution >= 0.6 is 27.5 Å². The lowest BCUT2D eigenvalue weighted by molar-refractivity contribution is 0.874. The van der Waals surface area contributed by atoms with E-state index in [1.165, 1.54) is 5.69 Å². The largest absolute Gasteiger partial charge is 0.347 e. The van der Waals surface area contributed by atoms with Crippen LogP contribution in [-0.2, 0) is 7.05 Å². The summed E-state index contributed by atoms with van der Waals surface area (Å²) in [6.07, 6.45) is 1.84. The van der Waals surface area contributed by atoms with E-state index in [0.29, 0.717) is 5.02 Å². The molecule has 0 radical (unpaired) electrons. The molecule has 1 aromatic carbocycles. The van der Waals surface area contributed by atoms with E-state index in [-0.39, 0.29) is 0 Å². The van der Waals surface area contributed by atoms with Crippen LogP contribution in [0.5, 0.6) is 0 Å². The molecule has 0 saturated carbocycles. The quantitative estimate of drug-likeness (QED) is 0.727. The number of hydrogen-bond acceptors (Lipinski definition) is 1. The maximum absolute atomic E-state index is 6.00. The second-order valence-electron chi connectivity index (χ2n) is 3.82. The second-order valence-corrected chi connectivity index (χ2v) is 5.08. The highest BCUT2D eigenvalue weighted by atomic mass is 79.9. The number of aryl methyl sites for hydroxylation is 1.